The Morgan fingerprint density at radius 1 is 1.00 bits per heavy atom. The second-order valence-corrected chi connectivity index (χ2v) is 9.66. The highest BCUT2D eigenvalue weighted by molar-refractivity contribution is 5.98. The van der Waals surface area contributed by atoms with E-state index in [1.54, 1.807) is 13.4 Å². The zero-order valence-electron chi connectivity index (χ0n) is 21.2. The maximum atomic E-state index is 6.68. The number of fused-ring (bicyclic) bond motifs is 2. The summed E-state index contributed by atoms with van der Waals surface area (Å²) in [5.41, 5.74) is 4.15. The van der Waals surface area contributed by atoms with E-state index in [4.69, 9.17) is 14.5 Å². The number of hydrogen-bond acceptors (Lipinski definition) is 6. The van der Waals surface area contributed by atoms with Crippen molar-refractivity contribution >= 4 is 33.3 Å². The molecule has 0 spiro atoms. The fourth-order valence-corrected chi connectivity index (χ4v) is 5.07. The van der Waals surface area contributed by atoms with Crippen molar-refractivity contribution in [2.24, 2.45) is 0 Å². The Morgan fingerprint density at radius 3 is 2.65 bits per heavy atom. The molecule has 1 N–H and O–H groups in total. The van der Waals surface area contributed by atoms with Crippen molar-refractivity contribution < 1.29 is 9.47 Å². The van der Waals surface area contributed by atoms with Gasteiger partial charge in [0.15, 0.2) is 0 Å². The normalized spacial score (nSPS) is 14.8. The molecule has 0 atom stereocenters. The number of aromatic nitrogens is 3. The van der Waals surface area contributed by atoms with Gasteiger partial charge in [-0.25, -0.2) is 9.97 Å². The first-order valence-electron chi connectivity index (χ1n) is 12.7. The van der Waals surface area contributed by atoms with Gasteiger partial charge < -0.3 is 24.3 Å². The number of methoxy groups -OCH3 is 1. The molecule has 0 aliphatic carbocycles. The average Bonchev–Trinajstić information content (AvgIpc) is 3.41. The first kappa shape index (κ1) is 23.3. The zero-order valence-corrected chi connectivity index (χ0v) is 21.2. The summed E-state index contributed by atoms with van der Waals surface area (Å²) < 4.78 is 12.3. The third-order valence-corrected chi connectivity index (χ3v) is 7.14. The molecule has 2 aromatic heterocycles. The van der Waals surface area contributed by atoms with Gasteiger partial charge in [0, 0.05) is 54.6 Å². The molecule has 0 unspecified atom stereocenters. The van der Waals surface area contributed by atoms with Crippen LogP contribution in [0, 0.1) is 0 Å². The van der Waals surface area contributed by atoms with E-state index < -0.39 is 0 Å². The number of nitrogens with zero attached hydrogens (tertiary/aromatic N) is 4. The highest BCUT2D eigenvalue weighted by atomic mass is 16.5. The molecule has 3 heterocycles. The van der Waals surface area contributed by atoms with E-state index in [0.29, 0.717) is 6.54 Å². The summed E-state index contributed by atoms with van der Waals surface area (Å²) in [6.45, 7) is 2.70. The van der Waals surface area contributed by atoms with E-state index in [1.165, 1.54) is 5.56 Å². The Hall–Kier alpha value is -4.10. The number of piperidine rings is 1. The van der Waals surface area contributed by atoms with Crippen molar-refractivity contribution in [3.8, 4) is 11.5 Å². The monoisotopic (exact) mass is 493 g/mol. The van der Waals surface area contributed by atoms with Crippen LogP contribution in [-0.4, -0.2) is 53.2 Å². The molecule has 0 amide bonds. The Morgan fingerprint density at radius 2 is 1.84 bits per heavy atom. The summed E-state index contributed by atoms with van der Waals surface area (Å²) >= 11 is 0. The molecule has 1 aliphatic rings. The molecule has 6 rings (SSSR count). The lowest BCUT2D eigenvalue weighted by molar-refractivity contribution is 0.115. The van der Waals surface area contributed by atoms with Crippen LogP contribution in [0.4, 0.5) is 11.5 Å². The van der Waals surface area contributed by atoms with E-state index in [2.05, 4.69) is 75.3 Å². The van der Waals surface area contributed by atoms with Gasteiger partial charge >= 0.3 is 0 Å². The zero-order chi connectivity index (χ0) is 25.2. The van der Waals surface area contributed by atoms with Crippen molar-refractivity contribution in [3.05, 3.63) is 84.8 Å². The molecule has 3 aromatic carbocycles. The van der Waals surface area contributed by atoms with Gasteiger partial charge in [-0.1, -0.05) is 30.3 Å². The lowest BCUT2D eigenvalue weighted by Gasteiger charge is -2.30. The maximum Gasteiger partial charge on any atom is 0.148 e. The van der Waals surface area contributed by atoms with Gasteiger partial charge in [0.25, 0.3) is 0 Å². The Kier molecular flexibility index (Phi) is 6.37. The molecule has 7 nitrogen and oxygen atoms in total. The number of likely N-dealkylation sites (tertiary alicyclic amines) is 1. The topological polar surface area (TPSA) is 66.5 Å². The number of hydrogen-bond donors (Lipinski definition) is 1. The van der Waals surface area contributed by atoms with E-state index in [1.807, 2.05) is 24.4 Å². The standard InChI is InChI=1S/C30H31N5O2/c1-34-14-11-24(12-15-34)37-28-18-25(36-2)17-27-29(28)30(33-20-32-27)35(19-21-6-4-3-5-7-21)23-8-9-26-22(16-23)10-13-31-26/h3-10,13,16-18,20,24,31H,11-12,14-15,19H2,1-2H3. The van der Waals surface area contributed by atoms with Gasteiger partial charge in [-0.15, -0.1) is 0 Å². The second kappa shape index (κ2) is 10.1. The van der Waals surface area contributed by atoms with Crippen LogP contribution in [0.15, 0.2) is 79.3 Å². The first-order chi connectivity index (χ1) is 18.2. The van der Waals surface area contributed by atoms with Gasteiger partial charge in [-0.2, -0.15) is 0 Å². The van der Waals surface area contributed by atoms with E-state index in [0.717, 1.165) is 70.7 Å². The number of H-pyrrole nitrogens is 1. The fourth-order valence-electron chi connectivity index (χ4n) is 5.07. The molecular weight excluding hydrogens is 462 g/mol. The van der Waals surface area contributed by atoms with Crippen LogP contribution in [0.1, 0.15) is 18.4 Å². The SMILES string of the molecule is COc1cc(OC2CCN(C)CC2)c2c(N(Cc3ccccc3)c3ccc4[nH]ccc4c3)ncnc2c1. The Bertz CT molecular complexity index is 1510. The quantitative estimate of drug-likeness (QED) is 0.303. The molecule has 37 heavy (non-hydrogen) atoms. The summed E-state index contributed by atoms with van der Waals surface area (Å²) in [7, 11) is 3.84. The van der Waals surface area contributed by atoms with Crippen molar-refractivity contribution in [3.63, 3.8) is 0 Å². The molecular formula is C30H31N5O2. The second-order valence-electron chi connectivity index (χ2n) is 9.66. The number of rotatable bonds is 7. The van der Waals surface area contributed by atoms with Crippen molar-refractivity contribution in [2.75, 3.05) is 32.1 Å². The molecule has 0 radical (unpaired) electrons. The predicted octanol–water partition coefficient (Wildman–Crippen LogP) is 5.93. The largest absolute Gasteiger partial charge is 0.497 e. The molecule has 1 aliphatic heterocycles. The summed E-state index contributed by atoms with van der Waals surface area (Å²) in [6.07, 6.45) is 5.70. The van der Waals surface area contributed by atoms with E-state index in [9.17, 15) is 0 Å². The molecule has 188 valence electrons. The minimum absolute atomic E-state index is 0.137. The van der Waals surface area contributed by atoms with Crippen LogP contribution in [-0.2, 0) is 6.54 Å². The number of nitrogens with one attached hydrogen (secondary N) is 1. The first-order valence-corrected chi connectivity index (χ1v) is 12.7. The molecule has 1 fully saturated rings. The lowest BCUT2D eigenvalue weighted by atomic mass is 10.1. The summed E-state index contributed by atoms with van der Waals surface area (Å²) in [5, 5.41) is 2.05. The summed E-state index contributed by atoms with van der Waals surface area (Å²) in [6, 6.07) is 22.9. The highest BCUT2D eigenvalue weighted by Gasteiger charge is 2.24. The third kappa shape index (κ3) is 4.82. The lowest BCUT2D eigenvalue weighted by Crippen LogP contribution is -2.35. The third-order valence-electron chi connectivity index (χ3n) is 7.14. The minimum atomic E-state index is 0.137. The van der Waals surface area contributed by atoms with Crippen molar-refractivity contribution in [1.29, 1.82) is 0 Å². The highest BCUT2D eigenvalue weighted by Crippen LogP contribution is 2.40. The maximum absolute atomic E-state index is 6.68. The summed E-state index contributed by atoms with van der Waals surface area (Å²) in [5.74, 6) is 2.30. The number of anilines is 2. The molecule has 0 saturated carbocycles. The number of aromatic amines is 1. The Labute approximate surface area is 216 Å². The smallest absolute Gasteiger partial charge is 0.148 e. The van der Waals surface area contributed by atoms with Crippen LogP contribution in [0.25, 0.3) is 21.8 Å². The van der Waals surface area contributed by atoms with Gasteiger partial charge in [0.05, 0.1) is 18.0 Å². The van der Waals surface area contributed by atoms with Crippen LogP contribution < -0.4 is 14.4 Å². The van der Waals surface area contributed by atoms with E-state index in [-0.39, 0.29) is 6.10 Å². The van der Waals surface area contributed by atoms with Crippen LogP contribution in [0.3, 0.4) is 0 Å². The molecule has 7 heteroatoms. The summed E-state index contributed by atoms with van der Waals surface area (Å²) in [4.78, 5) is 17.4. The van der Waals surface area contributed by atoms with Gasteiger partial charge in [0.1, 0.15) is 29.7 Å². The van der Waals surface area contributed by atoms with Crippen LogP contribution in [0.2, 0.25) is 0 Å². The van der Waals surface area contributed by atoms with Crippen molar-refractivity contribution in [1.82, 2.24) is 19.9 Å². The van der Waals surface area contributed by atoms with Gasteiger partial charge in [-0.05, 0) is 49.7 Å². The number of benzene rings is 3. The predicted molar refractivity (Wildman–Crippen MR) is 148 cm³/mol. The van der Waals surface area contributed by atoms with Gasteiger partial charge in [0.2, 0.25) is 0 Å². The molecule has 0 bridgehead atoms. The van der Waals surface area contributed by atoms with Crippen molar-refractivity contribution in [2.45, 2.75) is 25.5 Å². The van der Waals surface area contributed by atoms with Gasteiger partial charge in [-0.3, -0.25) is 0 Å². The van der Waals surface area contributed by atoms with E-state index >= 15 is 0 Å². The van der Waals surface area contributed by atoms with Crippen LogP contribution >= 0.6 is 0 Å². The minimum Gasteiger partial charge on any atom is -0.497 e. The number of ether oxygens (including phenoxy) is 2. The molecule has 1 saturated heterocycles. The Balaban J connectivity index is 1.50. The average molecular weight is 494 g/mol. The fraction of sp³-hybridized carbons (Fsp3) is 0.267. The van der Waals surface area contributed by atoms with Crippen LogP contribution in [0.5, 0.6) is 11.5 Å². The molecule has 5 aromatic rings.